The Balaban J connectivity index is 2.43. The maximum Gasteiger partial charge on any atom is 0.308 e. The summed E-state index contributed by atoms with van der Waals surface area (Å²) < 4.78 is 16.2. The Bertz CT molecular complexity index is 900. The molecule has 0 unspecified atom stereocenters. The third-order valence-corrected chi connectivity index (χ3v) is 3.83. The molecular formula is C18H16O7. The lowest BCUT2D eigenvalue weighted by atomic mass is 9.93. The molecule has 2 aromatic rings. The molecule has 1 N–H and O–H groups in total. The molecule has 0 aromatic heterocycles. The number of aliphatic hydroxyl groups is 1. The SMILES string of the molecule is CC(=O)Oc1c2c(c(OC(C)=O)c3ccccc13)C(=O)[C@@H](O)[C@H](C)O2. The van der Waals surface area contributed by atoms with Crippen LogP contribution in [0.1, 0.15) is 31.1 Å². The van der Waals surface area contributed by atoms with Crippen LogP contribution in [0.15, 0.2) is 24.3 Å². The molecule has 25 heavy (non-hydrogen) atoms. The molecule has 0 saturated heterocycles. The van der Waals surface area contributed by atoms with E-state index in [0.717, 1.165) is 0 Å². The van der Waals surface area contributed by atoms with E-state index in [9.17, 15) is 19.5 Å². The van der Waals surface area contributed by atoms with Gasteiger partial charge in [0, 0.05) is 24.6 Å². The van der Waals surface area contributed by atoms with E-state index in [1.54, 1.807) is 24.3 Å². The van der Waals surface area contributed by atoms with Crippen LogP contribution >= 0.6 is 0 Å². The molecule has 7 nitrogen and oxygen atoms in total. The number of hydrogen-bond acceptors (Lipinski definition) is 7. The van der Waals surface area contributed by atoms with Crippen LogP contribution in [0, 0.1) is 0 Å². The quantitative estimate of drug-likeness (QED) is 0.657. The van der Waals surface area contributed by atoms with Crippen LogP contribution in [-0.2, 0) is 9.59 Å². The van der Waals surface area contributed by atoms with E-state index in [2.05, 4.69) is 0 Å². The minimum absolute atomic E-state index is 0.0204. The van der Waals surface area contributed by atoms with Crippen molar-refractivity contribution >= 4 is 28.5 Å². The molecule has 0 bridgehead atoms. The monoisotopic (exact) mass is 344 g/mol. The van der Waals surface area contributed by atoms with Crippen LogP contribution in [-0.4, -0.2) is 35.0 Å². The van der Waals surface area contributed by atoms with Crippen molar-refractivity contribution in [1.29, 1.82) is 0 Å². The molecular weight excluding hydrogens is 328 g/mol. The minimum atomic E-state index is -1.42. The summed E-state index contributed by atoms with van der Waals surface area (Å²) in [6, 6.07) is 6.68. The van der Waals surface area contributed by atoms with Crippen molar-refractivity contribution in [2.45, 2.75) is 33.0 Å². The lowest BCUT2D eigenvalue weighted by Gasteiger charge is -2.30. The highest BCUT2D eigenvalue weighted by molar-refractivity contribution is 6.13. The van der Waals surface area contributed by atoms with Crippen molar-refractivity contribution in [1.82, 2.24) is 0 Å². The number of hydrogen-bond donors (Lipinski definition) is 1. The van der Waals surface area contributed by atoms with Gasteiger partial charge in [0.15, 0.2) is 23.4 Å². The van der Waals surface area contributed by atoms with E-state index < -0.39 is 29.9 Å². The number of rotatable bonds is 2. The second-order valence-electron chi connectivity index (χ2n) is 5.73. The third kappa shape index (κ3) is 2.83. The molecule has 2 atom stereocenters. The van der Waals surface area contributed by atoms with Crippen LogP contribution in [0.4, 0.5) is 0 Å². The van der Waals surface area contributed by atoms with Gasteiger partial charge in [0.2, 0.25) is 5.78 Å². The third-order valence-electron chi connectivity index (χ3n) is 3.83. The fraction of sp³-hybridized carbons (Fsp3) is 0.278. The van der Waals surface area contributed by atoms with E-state index >= 15 is 0 Å². The van der Waals surface area contributed by atoms with E-state index in [-0.39, 0.29) is 22.8 Å². The number of Topliss-reactive ketones (excluding diaryl/α,β-unsaturated/α-hetero) is 1. The molecule has 1 aliphatic rings. The number of aliphatic hydroxyl groups excluding tert-OH is 1. The first-order valence-corrected chi connectivity index (χ1v) is 7.65. The summed E-state index contributed by atoms with van der Waals surface area (Å²) >= 11 is 0. The zero-order valence-corrected chi connectivity index (χ0v) is 13.9. The van der Waals surface area contributed by atoms with Gasteiger partial charge in [-0.1, -0.05) is 24.3 Å². The van der Waals surface area contributed by atoms with E-state index in [1.807, 2.05) is 0 Å². The zero-order chi connectivity index (χ0) is 18.3. The smallest absolute Gasteiger partial charge is 0.308 e. The number of fused-ring (bicyclic) bond motifs is 2. The molecule has 0 spiro atoms. The Hall–Kier alpha value is -2.93. The molecule has 7 heteroatoms. The number of carbonyl (C=O) groups excluding carboxylic acids is 3. The van der Waals surface area contributed by atoms with Crippen molar-refractivity contribution < 1.29 is 33.7 Å². The highest BCUT2D eigenvalue weighted by Gasteiger charge is 2.40. The van der Waals surface area contributed by atoms with Crippen LogP contribution in [0.2, 0.25) is 0 Å². The summed E-state index contributed by atoms with van der Waals surface area (Å²) in [5.41, 5.74) is -0.115. The van der Waals surface area contributed by atoms with Gasteiger partial charge < -0.3 is 19.3 Å². The Labute approximate surface area is 143 Å². The van der Waals surface area contributed by atoms with E-state index in [1.165, 1.54) is 20.8 Å². The van der Waals surface area contributed by atoms with Crippen molar-refractivity contribution in [2.75, 3.05) is 0 Å². The molecule has 0 aliphatic carbocycles. The average Bonchev–Trinajstić information content (AvgIpc) is 2.55. The standard InChI is InChI=1S/C18H16O7/c1-8-14(21)15(22)13-16(24-9(2)19)11-6-4-5-7-12(11)17(18(13)23-8)25-10(3)20/h4-8,14,21H,1-3H3/t8-,14-/m0/s1. The number of ketones is 1. The van der Waals surface area contributed by atoms with Gasteiger partial charge in [-0.15, -0.1) is 0 Å². The first kappa shape index (κ1) is 16.9. The summed E-state index contributed by atoms with van der Waals surface area (Å²) in [7, 11) is 0. The summed E-state index contributed by atoms with van der Waals surface area (Å²) in [5.74, 6) is -1.88. The van der Waals surface area contributed by atoms with Crippen molar-refractivity contribution in [3.63, 3.8) is 0 Å². The maximum absolute atomic E-state index is 12.6. The highest BCUT2D eigenvalue weighted by atomic mass is 16.6. The van der Waals surface area contributed by atoms with Gasteiger partial charge in [0.1, 0.15) is 11.7 Å². The van der Waals surface area contributed by atoms with Gasteiger partial charge in [0.25, 0.3) is 0 Å². The summed E-state index contributed by atoms with van der Waals surface area (Å²) in [6.45, 7) is 3.95. The van der Waals surface area contributed by atoms with Crippen molar-refractivity contribution in [2.24, 2.45) is 0 Å². The zero-order valence-electron chi connectivity index (χ0n) is 13.9. The molecule has 0 radical (unpaired) electrons. The number of esters is 2. The molecule has 0 saturated carbocycles. The topological polar surface area (TPSA) is 99.1 Å². The predicted octanol–water partition coefficient (Wildman–Crippen LogP) is 2.01. The van der Waals surface area contributed by atoms with Gasteiger partial charge in [-0.2, -0.15) is 0 Å². The Morgan fingerprint density at radius 2 is 1.56 bits per heavy atom. The lowest BCUT2D eigenvalue weighted by Crippen LogP contribution is -2.40. The molecule has 1 heterocycles. The number of benzene rings is 2. The Morgan fingerprint density at radius 1 is 1.04 bits per heavy atom. The highest BCUT2D eigenvalue weighted by Crippen LogP contribution is 2.48. The predicted molar refractivity (Wildman–Crippen MR) is 87.0 cm³/mol. The van der Waals surface area contributed by atoms with Crippen molar-refractivity contribution in [3.8, 4) is 17.2 Å². The second-order valence-corrected chi connectivity index (χ2v) is 5.73. The van der Waals surface area contributed by atoms with Gasteiger partial charge in [-0.25, -0.2) is 0 Å². The molecule has 1 aliphatic heterocycles. The molecule has 0 fully saturated rings. The largest absolute Gasteiger partial charge is 0.483 e. The summed E-state index contributed by atoms with van der Waals surface area (Å²) in [5, 5.41) is 10.9. The summed E-state index contributed by atoms with van der Waals surface area (Å²) in [6.07, 6.45) is -2.27. The molecule has 3 rings (SSSR count). The van der Waals surface area contributed by atoms with E-state index in [4.69, 9.17) is 14.2 Å². The fourth-order valence-electron chi connectivity index (χ4n) is 2.80. The molecule has 2 aromatic carbocycles. The first-order chi connectivity index (χ1) is 11.8. The lowest BCUT2D eigenvalue weighted by molar-refractivity contribution is -0.133. The number of carbonyl (C=O) groups is 3. The van der Waals surface area contributed by atoms with Gasteiger partial charge in [-0.05, 0) is 6.92 Å². The average molecular weight is 344 g/mol. The molecule has 130 valence electrons. The summed E-state index contributed by atoms with van der Waals surface area (Å²) in [4.78, 5) is 35.7. The van der Waals surface area contributed by atoms with Gasteiger partial charge >= 0.3 is 11.9 Å². The number of ether oxygens (including phenoxy) is 3. The Kier molecular flexibility index (Phi) is 4.18. The normalized spacial score (nSPS) is 19.1. The van der Waals surface area contributed by atoms with Gasteiger partial charge in [0.05, 0.1) is 0 Å². The van der Waals surface area contributed by atoms with Crippen LogP contribution in [0.5, 0.6) is 17.2 Å². The van der Waals surface area contributed by atoms with Crippen LogP contribution < -0.4 is 14.2 Å². The van der Waals surface area contributed by atoms with Crippen LogP contribution in [0.3, 0.4) is 0 Å². The molecule has 0 amide bonds. The Morgan fingerprint density at radius 3 is 2.12 bits per heavy atom. The first-order valence-electron chi connectivity index (χ1n) is 7.65. The minimum Gasteiger partial charge on any atom is -0.483 e. The van der Waals surface area contributed by atoms with Crippen LogP contribution in [0.25, 0.3) is 10.8 Å². The van der Waals surface area contributed by atoms with Gasteiger partial charge in [-0.3, -0.25) is 14.4 Å². The van der Waals surface area contributed by atoms with E-state index in [0.29, 0.717) is 10.8 Å². The second kappa shape index (κ2) is 6.18. The fourth-order valence-corrected chi connectivity index (χ4v) is 2.80. The maximum atomic E-state index is 12.6. The van der Waals surface area contributed by atoms with Crippen molar-refractivity contribution in [3.05, 3.63) is 29.8 Å².